The molecule has 1 aromatic heterocycles. The van der Waals surface area contributed by atoms with E-state index in [-0.39, 0.29) is 5.01 Å². The summed E-state index contributed by atoms with van der Waals surface area (Å²) in [6.07, 6.45) is -10.1. The van der Waals surface area contributed by atoms with Gasteiger partial charge in [0.15, 0.2) is 5.69 Å². The summed E-state index contributed by atoms with van der Waals surface area (Å²) in [6.45, 7) is 3.94. The van der Waals surface area contributed by atoms with E-state index in [1.165, 1.54) is 20.8 Å². The van der Waals surface area contributed by atoms with Crippen LogP contribution in [0, 0.1) is 12.8 Å². The lowest BCUT2D eigenvalue weighted by molar-refractivity contribution is -0.274. The van der Waals surface area contributed by atoms with Gasteiger partial charge in [-0.3, -0.25) is 9.59 Å². The maximum atomic E-state index is 13.3. The Balaban J connectivity index is 2.68. The highest BCUT2D eigenvalue weighted by Gasteiger charge is 2.42. The van der Waals surface area contributed by atoms with Crippen molar-refractivity contribution < 1.29 is 40.7 Å². The van der Waals surface area contributed by atoms with E-state index < -0.39 is 62.3 Å². The summed E-state index contributed by atoms with van der Waals surface area (Å²) in [4.78, 5) is 28.5. The van der Waals surface area contributed by atoms with Crippen LogP contribution >= 0.6 is 34.5 Å². The van der Waals surface area contributed by atoms with Gasteiger partial charge in [-0.1, -0.05) is 37.0 Å². The Hall–Kier alpha value is -2.05. The predicted molar refractivity (Wildman–Crippen MR) is 102 cm³/mol. The number of thiazole rings is 1. The van der Waals surface area contributed by atoms with Crippen LogP contribution in [-0.2, 0) is 11.0 Å². The second-order valence-electron chi connectivity index (χ2n) is 6.33. The van der Waals surface area contributed by atoms with Gasteiger partial charge < -0.3 is 4.74 Å². The van der Waals surface area contributed by atoms with E-state index in [0.29, 0.717) is 28.4 Å². The van der Waals surface area contributed by atoms with Gasteiger partial charge in [0.2, 0.25) is 5.91 Å². The molecule has 0 fully saturated rings. The molecule has 5 nitrogen and oxygen atoms in total. The summed E-state index contributed by atoms with van der Waals surface area (Å²) in [5, 5.41) is -1.34. The Morgan fingerprint density at radius 2 is 1.61 bits per heavy atom. The number of benzene rings is 1. The van der Waals surface area contributed by atoms with Gasteiger partial charge in [0.25, 0.3) is 5.91 Å². The van der Waals surface area contributed by atoms with Gasteiger partial charge >= 0.3 is 12.5 Å². The third-order valence-corrected chi connectivity index (χ3v) is 5.10. The zero-order valence-electron chi connectivity index (χ0n) is 15.8. The molecule has 2 amide bonds. The number of carbonyl (C=O) groups is 2. The first kappa shape index (κ1) is 25.2. The van der Waals surface area contributed by atoms with E-state index >= 15 is 0 Å². The largest absolute Gasteiger partial charge is 0.573 e. The number of carbonyl (C=O) groups excluding carboxylic acids is 2. The summed E-state index contributed by atoms with van der Waals surface area (Å²) in [5.74, 6) is -4.17. The van der Waals surface area contributed by atoms with Crippen molar-refractivity contribution in [3.05, 3.63) is 37.8 Å². The number of hydrogen-bond donors (Lipinski definition) is 0. The van der Waals surface area contributed by atoms with Gasteiger partial charge in [-0.15, -0.1) is 24.5 Å². The van der Waals surface area contributed by atoms with Crippen molar-refractivity contribution in [2.75, 3.05) is 4.90 Å². The van der Waals surface area contributed by atoms with E-state index in [4.69, 9.17) is 23.2 Å². The van der Waals surface area contributed by atoms with E-state index in [2.05, 4.69) is 9.72 Å². The molecule has 1 aromatic carbocycles. The van der Waals surface area contributed by atoms with Gasteiger partial charge in [0.1, 0.15) is 10.6 Å². The van der Waals surface area contributed by atoms with Crippen LogP contribution < -0.4 is 9.64 Å². The number of aromatic nitrogens is 1. The fourth-order valence-electron chi connectivity index (χ4n) is 2.38. The molecule has 31 heavy (non-hydrogen) atoms. The Morgan fingerprint density at radius 3 is 2.03 bits per heavy atom. The molecule has 0 bridgehead atoms. The highest BCUT2D eigenvalue weighted by molar-refractivity contribution is 7.14. The second kappa shape index (κ2) is 8.83. The zero-order valence-corrected chi connectivity index (χ0v) is 18.1. The van der Waals surface area contributed by atoms with E-state index in [1.54, 1.807) is 0 Å². The molecule has 0 saturated carbocycles. The summed E-state index contributed by atoms with van der Waals surface area (Å²) in [6, 6.07) is 1.26. The SMILES string of the molecule is Cc1nc(C(F)(F)F)c(C(=O)N(C(=O)C(C)C)c2c(Cl)cc(OC(F)(F)F)cc2Cl)s1. The summed E-state index contributed by atoms with van der Waals surface area (Å²) in [5.41, 5.74) is -2.09. The van der Waals surface area contributed by atoms with Gasteiger partial charge in [0, 0.05) is 18.1 Å². The first-order valence-electron chi connectivity index (χ1n) is 8.20. The van der Waals surface area contributed by atoms with Gasteiger partial charge in [-0.2, -0.15) is 13.2 Å². The molecule has 0 aliphatic rings. The average molecular weight is 509 g/mol. The number of hydrogen-bond acceptors (Lipinski definition) is 5. The molecule has 0 aliphatic heterocycles. The van der Waals surface area contributed by atoms with Crippen LogP contribution in [0.3, 0.4) is 0 Å². The number of halogens is 8. The molecule has 1 heterocycles. The normalized spacial score (nSPS) is 12.3. The maximum Gasteiger partial charge on any atom is 0.573 e. The molecule has 0 aliphatic carbocycles. The minimum absolute atomic E-state index is 0.0984. The molecule has 2 rings (SSSR count). The lowest BCUT2D eigenvalue weighted by atomic mass is 10.1. The standard InChI is InChI=1S/C17H12Cl2F6N2O3S/c1-6(2)14(28)27(15(29)12-13(16(20,21)22)26-7(3)31-12)11-9(18)4-8(5-10(11)19)30-17(23,24)25/h4-6H,1-3H3. The molecular formula is C17H12Cl2F6N2O3S. The van der Waals surface area contributed by atoms with Crippen molar-refractivity contribution in [1.29, 1.82) is 0 Å². The molecule has 0 atom stereocenters. The first-order valence-corrected chi connectivity index (χ1v) is 9.78. The topological polar surface area (TPSA) is 59.5 Å². The quantitative estimate of drug-likeness (QED) is 0.442. The average Bonchev–Trinajstić information content (AvgIpc) is 2.97. The van der Waals surface area contributed by atoms with Crippen molar-refractivity contribution in [1.82, 2.24) is 4.98 Å². The van der Waals surface area contributed by atoms with Gasteiger partial charge in [-0.25, -0.2) is 9.88 Å². The van der Waals surface area contributed by atoms with Crippen LogP contribution in [0.15, 0.2) is 12.1 Å². The molecule has 170 valence electrons. The highest BCUT2D eigenvalue weighted by Crippen LogP contribution is 2.42. The summed E-state index contributed by atoms with van der Waals surface area (Å²) >= 11 is 12.3. The number of anilines is 1. The van der Waals surface area contributed by atoms with Crippen LogP contribution in [-0.4, -0.2) is 23.2 Å². The summed E-state index contributed by atoms with van der Waals surface area (Å²) < 4.78 is 81.1. The number of amides is 2. The predicted octanol–water partition coefficient (Wildman–Crippen LogP) is 6.51. The van der Waals surface area contributed by atoms with Gasteiger partial charge in [-0.05, 0) is 6.92 Å². The monoisotopic (exact) mass is 508 g/mol. The Labute approximate surface area is 185 Å². The van der Waals surface area contributed by atoms with Crippen molar-refractivity contribution in [2.45, 2.75) is 33.3 Å². The second-order valence-corrected chi connectivity index (χ2v) is 8.34. The van der Waals surface area contributed by atoms with Crippen LogP contribution in [0.25, 0.3) is 0 Å². The van der Waals surface area contributed by atoms with E-state index in [0.717, 1.165) is 0 Å². The van der Waals surface area contributed by atoms with Crippen LogP contribution in [0.1, 0.15) is 34.2 Å². The molecule has 0 radical (unpaired) electrons. The van der Waals surface area contributed by atoms with Crippen molar-refractivity contribution in [3.8, 4) is 5.75 Å². The number of rotatable bonds is 4. The van der Waals surface area contributed by atoms with E-state index in [9.17, 15) is 35.9 Å². The first-order chi connectivity index (χ1) is 14.0. The minimum Gasteiger partial charge on any atom is -0.406 e. The van der Waals surface area contributed by atoms with E-state index in [1.807, 2.05) is 0 Å². The summed E-state index contributed by atoms with van der Waals surface area (Å²) in [7, 11) is 0. The van der Waals surface area contributed by atoms with Crippen LogP contribution in [0.4, 0.5) is 32.0 Å². The van der Waals surface area contributed by atoms with Gasteiger partial charge in [0.05, 0.1) is 20.7 Å². The molecule has 0 N–H and O–H groups in total. The Kier molecular flexibility index (Phi) is 7.18. The van der Waals surface area contributed by atoms with Crippen LogP contribution in [0.5, 0.6) is 5.75 Å². The Morgan fingerprint density at radius 1 is 1.10 bits per heavy atom. The number of alkyl halides is 6. The third kappa shape index (κ3) is 5.80. The Bertz CT molecular complexity index is 997. The molecule has 0 unspecified atom stereocenters. The number of ether oxygens (including phenoxy) is 1. The van der Waals surface area contributed by atoms with Crippen molar-refractivity contribution in [3.63, 3.8) is 0 Å². The molecule has 14 heteroatoms. The maximum absolute atomic E-state index is 13.3. The van der Waals surface area contributed by atoms with Crippen LogP contribution in [0.2, 0.25) is 10.0 Å². The smallest absolute Gasteiger partial charge is 0.406 e. The highest BCUT2D eigenvalue weighted by atomic mass is 35.5. The number of aryl methyl sites for hydroxylation is 1. The van der Waals surface area contributed by atoms with Crippen molar-refractivity contribution in [2.24, 2.45) is 5.92 Å². The molecular weight excluding hydrogens is 497 g/mol. The number of nitrogens with zero attached hydrogens (tertiary/aromatic N) is 2. The lowest BCUT2D eigenvalue weighted by Crippen LogP contribution is -2.40. The fraction of sp³-hybridized carbons (Fsp3) is 0.353. The lowest BCUT2D eigenvalue weighted by Gasteiger charge is -2.25. The number of imide groups is 1. The fourth-order valence-corrected chi connectivity index (χ4v) is 3.89. The molecule has 2 aromatic rings. The zero-order chi connectivity index (χ0) is 23.9. The molecule has 0 spiro atoms. The minimum atomic E-state index is -5.08. The molecule has 0 saturated heterocycles. The van der Waals surface area contributed by atoms with Crippen molar-refractivity contribution >= 4 is 52.0 Å². The third-order valence-electron chi connectivity index (χ3n) is 3.56.